The molecular weight excluding hydrogens is 321 g/mol. The van der Waals surface area contributed by atoms with E-state index >= 15 is 0 Å². The lowest BCUT2D eigenvalue weighted by Gasteiger charge is -2.05. The lowest BCUT2D eigenvalue weighted by molar-refractivity contribution is -0.142. The van der Waals surface area contributed by atoms with Crippen LogP contribution >= 0.6 is 11.6 Å². The average molecular weight is 334 g/mol. The Labute approximate surface area is 137 Å². The summed E-state index contributed by atoms with van der Waals surface area (Å²) in [5.74, 6) is -1.79. The normalized spacial score (nSPS) is 10.5. The first-order valence-electron chi connectivity index (χ1n) is 6.70. The van der Waals surface area contributed by atoms with E-state index in [2.05, 4.69) is 5.32 Å². The number of ether oxygens (including phenoxy) is 1. The first-order valence-corrected chi connectivity index (χ1v) is 7.08. The molecule has 4 nitrogen and oxygen atoms in total. The molecule has 0 atom stereocenters. The van der Waals surface area contributed by atoms with E-state index in [1.807, 2.05) is 6.07 Å². The fraction of sp³-hybridized carbons (Fsp3) is 0.0588. The van der Waals surface area contributed by atoms with E-state index in [0.29, 0.717) is 5.69 Å². The Morgan fingerprint density at radius 1 is 1.13 bits per heavy atom. The molecule has 0 fully saturated rings. The minimum absolute atomic E-state index is 0.0832. The fourth-order valence-electron chi connectivity index (χ4n) is 1.72. The highest BCUT2D eigenvalue weighted by atomic mass is 35.5. The lowest BCUT2D eigenvalue weighted by Crippen LogP contribution is -2.20. The van der Waals surface area contributed by atoms with Crippen LogP contribution in [0.3, 0.4) is 0 Å². The molecule has 23 heavy (non-hydrogen) atoms. The molecule has 0 aromatic heterocycles. The fourth-order valence-corrected chi connectivity index (χ4v) is 1.95. The Kier molecular flexibility index (Phi) is 5.88. The van der Waals surface area contributed by atoms with Crippen molar-refractivity contribution in [1.82, 2.24) is 0 Å². The smallest absolute Gasteiger partial charge is 0.331 e. The summed E-state index contributed by atoms with van der Waals surface area (Å²) < 4.78 is 18.3. The third kappa shape index (κ3) is 5.23. The molecule has 0 bridgehead atoms. The molecule has 0 spiro atoms. The van der Waals surface area contributed by atoms with Crippen molar-refractivity contribution in [2.45, 2.75) is 0 Å². The summed E-state index contributed by atoms with van der Waals surface area (Å²) in [5, 5.41) is 2.74. The largest absolute Gasteiger partial charge is 0.452 e. The second-order valence-electron chi connectivity index (χ2n) is 4.49. The van der Waals surface area contributed by atoms with Crippen LogP contribution in [0.15, 0.2) is 54.6 Å². The van der Waals surface area contributed by atoms with Gasteiger partial charge in [0.05, 0.1) is 5.02 Å². The van der Waals surface area contributed by atoms with E-state index in [1.54, 1.807) is 24.3 Å². The van der Waals surface area contributed by atoms with Gasteiger partial charge in [-0.2, -0.15) is 0 Å². The number of carbonyl (C=O) groups is 2. The number of carbonyl (C=O) groups excluding carboxylic acids is 2. The molecule has 2 rings (SSSR count). The lowest BCUT2D eigenvalue weighted by atomic mass is 10.2. The molecule has 2 aromatic rings. The van der Waals surface area contributed by atoms with Crippen molar-refractivity contribution in [3.8, 4) is 0 Å². The summed E-state index contributed by atoms with van der Waals surface area (Å²) >= 11 is 5.82. The van der Waals surface area contributed by atoms with Crippen molar-refractivity contribution in [1.29, 1.82) is 0 Å². The topological polar surface area (TPSA) is 55.4 Å². The van der Waals surface area contributed by atoms with Gasteiger partial charge in [0.25, 0.3) is 5.91 Å². The van der Waals surface area contributed by atoms with Gasteiger partial charge in [-0.15, -0.1) is 0 Å². The van der Waals surface area contributed by atoms with E-state index in [9.17, 15) is 14.0 Å². The molecule has 6 heteroatoms. The van der Waals surface area contributed by atoms with Crippen molar-refractivity contribution >= 4 is 35.2 Å². The standard InChI is InChI=1S/C17H13ClFNO3/c18-14-7-4-8-15(19)13(14)9-10-17(22)23-11-16(21)20-12-5-2-1-3-6-12/h1-10H,11H2,(H,20,21)/b10-9+. The van der Waals surface area contributed by atoms with Crippen LogP contribution < -0.4 is 5.32 Å². The van der Waals surface area contributed by atoms with E-state index in [4.69, 9.17) is 16.3 Å². The molecule has 118 valence electrons. The summed E-state index contributed by atoms with van der Waals surface area (Å²) in [4.78, 5) is 23.1. The van der Waals surface area contributed by atoms with Crippen LogP contribution in [0.2, 0.25) is 5.02 Å². The van der Waals surface area contributed by atoms with E-state index < -0.39 is 24.3 Å². The highest BCUT2D eigenvalue weighted by Crippen LogP contribution is 2.20. The van der Waals surface area contributed by atoms with Crippen LogP contribution in [0.5, 0.6) is 0 Å². The van der Waals surface area contributed by atoms with Gasteiger partial charge in [0.1, 0.15) is 5.82 Å². The van der Waals surface area contributed by atoms with Crippen LogP contribution in [0, 0.1) is 5.82 Å². The summed E-state index contributed by atoms with van der Waals surface area (Å²) in [6.45, 7) is -0.441. The predicted octanol–water partition coefficient (Wildman–Crippen LogP) is 3.67. The third-order valence-electron chi connectivity index (χ3n) is 2.79. The van der Waals surface area contributed by atoms with Crippen LogP contribution in [0.1, 0.15) is 5.56 Å². The summed E-state index contributed by atoms with van der Waals surface area (Å²) in [6, 6.07) is 13.0. The molecular formula is C17H13ClFNO3. The number of benzene rings is 2. The molecule has 0 saturated heterocycles. The highest BCUT2D eigenvalue weighted by molar-refractivity contribution is 6.32. The van der Waals surface area contributed by atoms with E-state index in [1.165, 1.54) is 24.3 Å². The number of esters is 1. The zero-order chi connectivity index (χ0) is 16.7. The third-order valence-corrected chi connectivity index (χ3v) is 3.12. The van der Waals surface area contributed by atoms with Gasteiger partial charge in [-0.05, 0) is 30.3 Å². The number of para-hydroxylation sites is 1. The number of halogens is 2. The monoisotopic (exact) mass is 333 g/mol. The van der Waals surface area contributed by atoms with Gasteiger partial charge in [-0.25, -0.2) is 9.18 Å². The summed E-state index contributed by atoms with van der Waals surface area (Å²) in [5.41, 5.74) is 0.682. The maximum Gasteiger partial charge on any atom is 0.331 e. The number of anilines is 1. The highest BCUT2D eigenvalue weighted by Gasteiger charge is 2.07. The molecule has 0 unspecified atom stereocenters. The predicted molar refractivity (Wildman–Crippen MR) is 86.5 cm³/mol. The van der Waals surface area contributed by atoms with Crippen molar-refractivity contribution < 1.29 is 18.7 Å². The maximum absolute atomic E-state index is 13.5. The second-order valence-corrected chi connectivity index (χ2v) is 4.90. The first kappa shape index (κ1) is 16.7. The van der Waals surface area contributed by atoms with Gasteiger partial charge in [0.15, 0.2) is 6.61 Å². The Balaban J connectivity index is 1.85. The summed E-state index contributed by atoms with van der Waals surface area (Å²) in [7, 11) is 0. The van der Waals surface area contributed by atoms with Gasteiger partial charge < -0.3 is 10.1 Å². The van der Waals surface area contributed by atoms with Crippen molar-refractivity contribution in [3.63, 3.8) is 0 Å². The number of amides is 1. The number of hydrogen-bond acceptors (Lipinski definition) is 3. The SMILES string of the molecule is O=C(COC(=O)/C=C/c1c(F)cccc1Cl)Nc1ccccc1. The summed E-state index contributed by atoms with van der Waals surface area (Å²) in [6.07, 6.45) is 2.22. The average Bonchev–Trinajstić information content (AvgIpc) is 2.53. The van der Waals surface area contributed by atoms with Crippen LogP contribution in [-0.4, -0.2) is 18.5 Å². The Morgan fingerprint density at radius 2 is 1.87 bits per heavy atom. The Morgan fingerprint density at radius 3 is 2.57 bits per heavy atom. The molecule has 2 aromatic carbocycles. The van der Waals surface area contributed by atoms with E-state index in [-0.39, 0.29) is 10.6 Å². The Hall–Kier alpha value is -2.66. The first-order chi connectivity index (χ1) is 11.1. The molecule has 0 aliphatic heterocycles. The molecule has 1 amide bonds. The molecule has 0 aliphatic carbocycles. The van der Waals surface area contributed by atoms with Crippen LogP contribution in [-0.2, 0) is 14.3 Å². The van der Waals surface area contributed by atoms with Gasteiger partial charge >= 0.3 is 5.97 Å². The van der Waals surface area contributed by atoms with Gasteiger partial charge in [0.2, 0.25) is 0 Å². The molecule has 0 radical (unpaired) electrons. The molecule has 0 saturated carbocycles. The second kappa shape index (κ2) is 8.10. The number of rotatable bonds is 5. The van der Waals surface area contributed by atoms with Crippen molar-refractivity contribution in [2.75, 3.05) is 11.9 Å². The minimum atomic E-state index is -0.771. The Bertz CT molecular complexity index is 712. The van der Waals surface area contributed by atoms with Gasteiger partial charge in [-0.1, -0.05) is 35.9 Å². The van der Waals surface area contributed by atoms with Crippen molar-refractivity contribution in [3.05, 3.63) is 71.0 Å². The van der Waals surface area contributed by atoms with Crippen LogP contribution in [0.4, 0.5) is 10.1 Å². The maximum atomic E-state index is 13.5. The molecule has 1 N–H and O–H groups in total. The number of nitrogens with one attached hydrogen (secondary N) is 1. The van der Waals surface area contributed by atoms with Gasteiger partial charge in [-0.3, -0.25) is 4.79 Å². The van der Waals surface area contributed by atoms with Gasteiger partial charge in [0, 0.05) is 17.3 Å². The zero-order valence-corrected chi connectivity index (χ0v) is 12.7. The van der Waals surface area contributed by atoms with E-state index in [0.717, 1.165) is 6.08 Å². The zero-order valence-electron chi connectivity index (χ0n) is 12.0. The molecule has 0 aliphatic rings. The van der Waals surface area contributed by atoms with Crippen molar-refractivity contribution in [2.24, 2.45) is 0 Å². The quantitative estimate of drug-likeness (QED) is 0.671. The minimum Gasteiger partial charge on any atom is -0.452 e. The van der Waals surface area contributed by atoms with Crippen LogP contribution in [0.25, 0.3) is 6.08 Å². The number of hydrogen-bond donors (Lipinski definition) is 1. The molecule has 0 heterocycles.